The van der Waals surface area contributed by atoms with Gasteiger partial charge in [-0.15, -0.1) is 26.2 Å². The van der Waals surface area contributed by atoms with Crippen LogP contribution in [0.5, 0.6) is 0 Å². The standard InChI is InChI=1S/2C10H18N2.2ClH.Co/c2*1-3-7-11-9(5-1)10-6-2-4-8-12-10;;;/h2*9-10H,1-8H2;2*1H;/q2*-2;;;+2/p-2. The van der Waals surface area contributed by atoms with Gasteiger partial charge in [0.2, 0.25) is 0 Å². The van der Waals surface area contributed by atoms with Gasteiger partial charge in [0.15, 0.2) is 0 Å². The van der Waals surface area contributed by atoms with Gasteiger partial charge < -0.3 is 21.3 Å². The summed E-state index contributed by atoms with van der Waals surface area (Å²) in [6.07, 6.45) is 15.9. The Labute approximate surface area is 181 Å². The maximum absolute atomic E-state index is 4.73. The van der Waals surface area contributed by atoms with Crippen molar-refractivity contribution >= 4 is 20.3 Å². The third-order valence-corrected chi connectivity index (χ3v) is 5.97. The van der Waals surface area contributed by atoms with Crippen LogP contribution in [-0.4, -0.2) is 50.3 Å². The second-order valence-electron chi connectivity index (χ2n) is 7.92. The third-order valence-electron chi connectivity index (χ3n) is 5.97. The fourth-order valence-electron chi connectivity index (χ4n) is 4.51. The molecule has 0 bridgehead atoms. The van der Waals surface area contributed by atoms with Crippen molar-refractivity contribution in [1.29, 1.82) is 0 Å². The van der Waals surface area contributed by atoms with E-state index in [1.165, 1.54) is 77.0 Å². The molecule has 4 fully saturated rings. The van der Waals surface area contributed by atoms with Crippen molar-refractivity contribution < 1.29 is 12.9 Å². The molecule has 4 rings (SSSR count). The second-order valence-corrected chi connectivity index (χ2v) is 9.64. The summed E-state index contributed by atoms with van der Waals surface area (Å²) in [4.78, 5) is 0. The molecule has 4 aliphatic heterocycles. The molecule has 4 saturated heterocycles. The van der Waals surface area contributed by atoms with Crippen LogP contribution in [0.15, 0.2) is 0 Å². The summed E-state index contributed by atoms with van der Waals surface area (Å²) in [6, 6.07) is 2.39. The number of hydrogen-bond donors (Lipinski definition) is 0. The van der Waals surface area contributed by atoms with E-state index in [0.29, 0.717) is 37.1 Å². The zero-order valence-electron chi connectivity index (χ0n) is 16.5. The van der Waals surface area contributed by atoms with Crippen LogP contribution < -0.4 is 0 Å². The Hall–Kier alpha value is 0.926. The van der Waals surface area contributed by atoms with E-state index in [-0.39, 0.29) is 0 Å². The van der Waals surface area contributed by atoms with E-state index >= 15 is 0 Å². The molecule has 0 aromatic rings. The van der Waals surface area contributed by atoms with Gasteiger partial charge in [-0.2, -0.15) is 24.2 Å². The number of halogens is 2. The number of nitrogens with zero attached hydrogens (tertiary/aromatic N) is 4. The Morgan fingerprint density at radius 1 is 0.444 bits per heavy atom. The number of piperidine rings is 4. The molecule has 4 atom stereocenters. The molecule has 27 heavy (non-hydrogen) atoms. The predicted molar refractivity (Wildman–Crippen MR) is 115 cm³/mol. The van der Waals surface area contributed by atoms with Crippen LogP contribution in [0.3, 0.4) is 0 Å². The topological polar surface area (TPSA) is 56.4 Å². The molecule has 4 aliphatic rings. The molecule has 7 heteroatoms. The zero-order valence-corrected chi connectivity index (χ0v) is 19.1. The number of rotatable bonds is 2. The van der Waals surface area contributed by atoms with Gasteiger partial charge in [0.05, 0.1) is 0 Å². The van der Waals surface area contributed by atoms with E-state index in [9.17, 15) is 0 Å². The van der Waals surface area contributed by atoms with Gasteiger partial charge >= 0.3 is 33.2 Å². The van der Waals surface area contributed by atoms with Crippen molar-refractivity contribution in [2.75, 3.05) is 26.2 Å². The number of hydrogen-bond acceptors (Lipinski definition) is 0. The summed E-state index contributed by atoms with van der Waals surface area (Å²) in [5.41, 5.74) is 0. The van der Waals surface area contributed by atoms with Gasteiger partial charge in [0.25, 0.3) is 0 Å². The molecular formula is C20H36Cl2CoN4-4. The molecular weight excluding hydrogens is 426 g/mol. The fourth-order valence-corrected chi connectivity index (χ4v) is 4.51. The Morgan fingerprint density at radius 3 is 0.815 bits per heavy atom. The summed E-state index contributed by atoms with van der Waals surface area (Å²) < 4.78 is 0. The summed E-state index contributed by atoms with van der Waals surface area (Å²) in [5.74, 6) is 0. The first kappa shape index (κ1) is 24.2. The average Bonchev–Trinajstić information content (AvgIpc) is 2.77. The van der Waals surface area contributed by atoms with Crippen molar-refractivity contribution in [2.24, 2.45) is 0 Å². The molecule has 163 valence electrons. The van der Waals surface area contributed by atoms with Crippen molar-refractivity contribution in [3.63, 3.8) is 0 Å². The van der Waals surface area contributed by atoms with Gasteiger partial charge in [-0.3, -0.25) is 0 Å². The molecule has 0 aliphatic carbocycles. The molecule has 0 saturated carbocycles. The summed E-state index contributed by atoms with van der Waals surface area (Å²) in [7, 11) is 9.47. The van der Waals surface area contributed by atoms with Crippen molar-refractivity contribution in [2.45, 2.75) is 101 Å². The summed E-state index contributed by atoms with van der Waals surface area (Å²) in [6.45, 7) is 4.38. The van der Waals surface area contributed by atoms with Gasteiger partial charge in [0.1, 0.15) is 0 Å². The molecule has 4 nitrogen and oxygen atoms in total. The van der Waals surface area contributed by atoms with Crippen LogP contribution in [0.1, 0.15) is 77.0 Å². The van der Waals surface area contributed by atoms with E-state index in [2.05, 4.69) is 21.3 Å². The van der Waals surface area contributed by atoms with Crippen LogP contribution in [0, 0.1) is 0 Å². The predicted octanol–water partition coefficient (Wildman–Crippen LogP) is 7.05. The molecule has 4 heterocycles. The van der Waals surface area contributed by atoms with E-state index < -0.39 is 0 Å². The average molecular weight is 462 g/mol. The first-order chi connectivity index (χ1) is 13.3. The quantitative estimate of drug-likeness (QED) is 0.422. The Bertz CT molecular complexity index is 277. The Morgan fingerprint density at radius 2 is 0.667 bits per heavy atom. The van der Waals surface area contributed by atoms with Crippen LogP contribution >= 0.6 is 20.3 Å². The Kier molecular flexibility index (Phi) is 14.1. The molecule has 0 spiro atoms. The molecule has 4 unspecified atom stereocenters. The normalized spacial score (nSPS) is 34.6. The van der Waals surface area contributed by atoms with Gasteiger partial charge in [0, 0.05) is 0 Å². The van der Waals surface area contributed by atoms with E-state index in [0.717, 1.165) is 26.2 Å². The van der Waals surface area contributed by atoms with Crippen molar-refractivity contribution in [1.82, 2.24) is 0 Å². The maximum atomic E-state index is 4.73. The van der Waals surface area contributed by atoms with Crippen LogP contribution in [0.25, 0.3) is 21.3 Å². The van der Waals surface area contributed by atoms with E-state index in [1.54, 1.807) is 0 Å². The SMILES string of the molecule is C1CCC(C2CCCC[N-]2)[N-]C1.C1CCC(C2CCCC[N-]2)[N-]C1.[Cl][Co][Cl]. The van der Waals surface area contributed by atoms with E-state index in [4.69, 9.17) is 20.3 Å². The minimum atomic E-state index is 0.382. The molecule has 0 aromatic heterocycles. The van der Waals surface area contributed by atoms with Gasteiger partial charge in [-0.05, 0) is 0 Å². The van der Waals surface area contributed by atoms with Gasteiger partial charge in [-0.1, -0.05) is 77.0 Å². The minimum absolute atomic E-state index is 0.382. The van der Waals surface area contributed by atoms with Crippen molar-refractivity contribution in [3.05, 3.63) is 21.3 Å². The monoisotopic (exact) mass is 461 g/mol. The summed E-state index contributed by atoms with van der Waals surface area (Å²) in [5, 5.41) is 18.6. The second kappa shape index (κ2) is 15.7. The first-order valence-electron chi connectivity index (χ1n) is 10.8. The van der Waals surface area contributed by atoms with Crippen molar-refractivity contribution in [3.8, 4) is 0 Å². The molecule has 0 N–H and O–H groups in total. The first-order valence-corrected chi connectivity index (χ1v) is 13.7. The zero-order chi connectivity index (χ0) is 19.2. The van der Waals surface area contributed by atoms with Crippen LogP contribution in [0.2, 0.25) is 0 Å². The Balaban J connectivity index is 0.000000170. The van der Waals surface area contributed by atoms with E-state index in [1.807, 2.05) is 0 Å². The van der Waals surface area contributed by atoms with Crippen LogP contribution in [0.4, 0.5) is 0 Å². The molecule has 0 radical (unpaired) electrons. The molecule has 0 aromatic carbocycles. The van der Waals surface area contributed by atoms with Crippen LogP contribution in [-0.2, 0) is 12.9 Å². The summed E-state index contributed by atoms with van der Waals surface area (Å²) >= 11 is 0.382. The molecule has 0 amide bonds. The van der Waals surface area contributed by atoms with Gasteiger partial charge in [-0.25, -0.2) is 0 Å². The third kappa shape index (κ3) is 9.99. The fraction of sp³-hybridized carbons (Fsp3) is 1.00.